The lowest BCUT2D eigenvalue weighted by atomic mass is 10.2. The maximum absolute atomic E-state index is 10.6. The predicted molar refractivity (Wildman–Crippen MR) is 72.0 cm³/mol. The van der Waals surface area contributed by atoms with Crippen molar-refractivity contribution in [2.24, 2.45) is 0 Å². The van der Waals surface area contributed by atoms with Gasteiger partial charge in [-0.05, 0) is 32.0 Å². The van der Waals surface area contributed by atoms with Crippen molar-refractivity contribution in [3.8, 4) is 17.4 Å². The van der Waals surface area contributed by atoms with E-state index in [2.05, 4.69) is 4.98 Å². The van der Waals surface area contributed by atoms with Gasteiger partial charge in [0.05, 0.1) is 6.61 Å². The van der Waals surface area contributed by atoms with Crippen molar-refractivity contribution in [2.45, 2.75) is 13.8 Å². The summed E-state index contributed by atoms with van der Waals surface area (Å²) in [7, 11) is 0. The molecule has 0 radical (unpaired) electrons. The third-order valence-electron chi connectivity index (χ3n) is 2.52. The molecule has 1 heterocycles. The molecule has 0 spiro atoms. The van der Waals surface area contributed by atoms with Crippen LogP contribution in [0.3, 0.4) is 0 Å². The zero-order chi connectivity index (χ0) is 13.7. The Morgan fingerprint density at radius 3 is 2.74 bits per heavy atom. The number of nitrogens with zero attached hydrogens (tertiary/aromatic N) is 1. The highest BCUT2D eigenvalue weighted by Crippen LogP contribution is 2.26. The molecule has 0 fully saturated rings. The van der Waals surface area contributed by atoms with Crippen LogP contribution in [0.25, 0.3) is 0 Å². The van der Waals surface area contributed by atoms with Crippen LogP contribution in [0.5, 0.6) is 17.4 Å². The Labute approximate surface area is 112 Å². The van der Waals surface area contributed by atoms with E-state index in [0.29, 0.717) is 23.8 Å². The van der Waals surface area contributed by atoms with Gasteiger partial charge in [0.1, 0.15) is 11.5 Å². The molecular formula is C15H15NO3. The van der Waals surface area contributed by atoms with E-state index in [0.717, 1.165) is 17.6 Å². The number of carbonyl (C=O) groups is 1. The quantitative estimate of drug-likeness (QED) is 0.770. The Bertz CT molecular complexity index is 581. The number of aromatic nitrogens is 1. The Hall–Kier alpha value is -2.36. The van der Waals surface area contributed by atoms with Crippen LogP contribution in [-0.2, 0) is 0 Å². The molecule has 4 nitrogen and oxygen atoms in total. The number of aryl methyl sites for hydroxylation is 1. The molecule has 0 saturated heterocycles. The smallest absolute Gasteiger partial charge is 0.222 e. The van der Waals surface area contributed by atoms with Crippen LogP contribution in [-0.4, -0.2) is 17.9 Å². The molecule has 0 atom stereocenters. The second-order valence-electron chi connectivity index (χ2n) is 4.02. The first-order valence-corrected chi connectivity index (χ1v) is 6.05. The van der Waals surface area contributed by atoms with E-state index in [1.54, 1.807) is 12.1 Å². The van der Waals surface area contributed by atoms with E-state index in [-0.39, 0.29) is 0 Å². The van der Waals surface area contributed by atoms with Crippen LogP contribution in [0.2, 0.25) is 0 Å². The number of benzene rings is 1. The van der Waals surface area contributed by atoms with Gasteiger partial charge < -0.3 is 9.47 Å². The van der Waals surface area contributed by atoms with Gasteiger partial charge >= 0.3 is 0 Å². The molecule has 2 rings (SSSR count). The summed E-state index contributed by atoms with van der Waals surface area (Å²) in [6.07, 6.45) is 2.25. The van der Waals surface area contributed by atoms with Crippen LogP contribution >= 0.6 is 0 Å². The van der Waals surface area contributed by atoms with Crippen molar-refractivity contribution in [3.63, 3.8) is 0 Å². The molecule has 98 valence electrons. The van der Waals surface area contributed by atoms with Crippen molar-refractivity contribution in [1.82, 2.24) is 4.98 Å². The number of ether oxygens (including phenoxy) is 2. The molecule has 0 amide bonds. The number of aldehydes is 1. The molecule has 0 saturated carbocycles. The SMILES string of the molecule is CCOc1cccc(Oc2ncc(C=O)cc2C)c1. The highest BCUT2D eigenvalue weighted by Gasteiger charge is 2.05. The largest absolute Gasteiger partial charge is 0.494 e. The fourth-order valence-corrected chi connectivity index (χ4v) is 1.66. The Balaban J connectivity index is 2.20. The Morgan fingerprint density at radius 1 is 1.26 bits per heavy atom. The first kappa shape index (κ1) is 13.1. The summed E-state index contributed by atoms with van der Waals surface area (Å²) in [5.74, 6) is 1.89. The minimum atomic E-state index is 0.485. The third kappa shape index (κ3) is 3.31. The Morgan fingerprint density at radius 2 is 2.05 bits per heavy atom. The monoisotopic (exact) mass is 257 g/mol. The van der Waals surface area contributed by atoms with Gasteiger partial charge in [-0.25, -0.2) is 4.98 Å². The van der Waals surface area contributed by atoms with Crippen molar-refractivity contribution >= 4 is 6.29 Å². The Kier molecular flexibility index (Phi) is 4.13. The summed E-state index contributed by atoms with van der Waals surface area (Å²) in [5.41, 5.74) is 1.35. The average Bonchev–Trinajstić information content (AvgIpc) is 2.42. The number of pyridine rings is 1. The standard InChI is InChI=1S/C15H15NO3/c1-3-18-13-5-4-6-14(8-13)19-15-11(2)7-12(10-17)9-16-15/h4-10H,3H2,1-2H3. The summed E-state index contributed by atoms with van der Waals surface area (Å²) in [6, 6.07) is 9.10. The summed E-state index contributed by atoms with van der Waals surface area (Å²) < 4.78 is 11.1. The summed E-state index contributed by atoms with van der Waals surface area (Å²) in [6.45, 7) is 4.38. The zero-order valence-corrected chi connectivity index (χ0v) is 10.9. The van der Waals surface area contributed by atoms with Crippen LogP contribution < -0.4 is 9.47 Å². The highest BCUT2D eigenvalue weighted by molar-refractivity contribution is 5.74. The third-order valence-corrected chi connectivity index (χ3v) is 2.52. The lowest BCUT2D eigenvalue weighted by molar-refractivity contribution is 0.112. The molecule has 2 aromatic rings. The fraction of sp³-hybridized carbons (Fsp3) is 0.200. The molecule has 0 aliphatic carbocycles. The van der Waals surface area contributed by atoms with Gasteiger partial charge in [0, 0.05) is 23.4 Å². The second-order valence-corrected chi connectivity index (χ2v) is 4.02. The van der Waals surface area contributed by atoms with Gasteiger partial charge in [0.2, 0.25) is 5.88 Å². The maximum Gasteiger partial charge on any atom is 0.222 e. The van der Waals surface area contributed by atoms with E-state index >= 15 is 0 Å². The summed E-state index contributed by atoms with van der Waals surface area (Å²) in [5, 5.41) is 0. The van der Waals surface area contributed by atoms with Gasteiger partial charge in [-0.15, -0.1) is 0 Å². The fourth-order valence-electron chi connectivity index (χ4n) is 1.66. The molecule has 1 aromatic carbocycles. The molecule has 0 aliphatic rings. The van der Waals surface area contributed by atoms with Crippen molar-refractivity contribution in [3.05, 3.63) is 47.7 Å². The molecule has 0 bridgehead atoms. The molecule has 19 heavy (non-hydrogen) atoms. The van der Waals surface area contributed by atoms with Crippen LogP contribution in [0.15, 0.2) is 36.5 Å². The van der Waals surface area contributed by atoms with Crippen molar-refractivity contribution in [2.75, 3.05) is 6.61 Å². The van der Waals surface area contributed by atoms with E-state index in [9.17, 15) is 4.79 Å². The second kappa shape index (κ2) is 6.00. The maximum atomic E-state index is 10.6. The van der Waals surface area contributed by atoms with Gasteiger partial charge in [-0.2, -0.15) is 0 Å². The average molecular weight is 257 g/mol. The van der Waals surface area contributed by atoms with Crippen LogP contribution in [0.1, 0.15) is 22.8 Å². The number of hydrogen-bond donors (Lipinski definition) is 0. The molecule has 4 heteroatoms. The van der Waals surface area contributed by atoms with E-state index in [1.807, 2.05) is 32.0 Å². The molecule has 1 aromatic heterocycles. The van der Waals surface area contributed by atoms with Crippen molar-refractivity contribution < 1.29 is 14.3 Å². The summed E-state index contributed by atoms with van der Waals surface area (Å²) >= 11 is 0. The lowest BCUT2D eigenvalue weighted by Gasteiger charge is -2.09. The predicted octanol–water partition coefficient (Wildman–Crippen LogP) is 3.39. The topological polar surface area (TPSA) is 48.4 Å². The number of rotatable bonds is 5. The molecular weight excluding hydrogens is 242 g/mol. The van der Waals surface area contributed by atoms with E-state index in [1.165, 1.54) is 6.20 Å². The lowest BCUT2D eigenvalue weighted by Crippen LogP contribution is -1.95. The number of carbonyl (C=O) groups excluding carboxylic acids is 1. The van der Waals surface area contributed by atoms with Crippen LogP contribution in [0.4, 0.5) is 0 Å². The van der Waals surface area contributed by atoms with Gasteiger partial charge in [-0.3, -0.25) is 4.79 Å². The minimum Gasteiger partial charge on any atom is -0.494 e. The molecule has 0 unspecified atom stereocenters. The van der Waals surface area contributed by atoms with Gasteiger partial charge in [-0.1, -0.05) is 6.07 Å². The molecule has 0 N–H and O–H groups in total. The van der Waals surface area contributed by atoms with E-state index < -0.39 is 0 Å². The highest BCUT2D eigenvalue weighted by atomic mass is 16.5. The van der Waals surface area contributed by atoms with Gasteiger partial charge in [0.15, 0.2) is 6.29 Å². The summed E-state index contributed by atoms with van der Waals surface area (Å²) in [4.78, 5) is 14.8. The zero-order valence-electron chi connectivity index (χ0n) is 10.9. The van der Waals surface area contributed by atoms with Gasteiger partial charge in [0.25, 0.3) is 0 Å². The van der Waals surface area contributed by atoms with Crippen molar-refractivity contribution in [1.29, 1.82) is 0 Å². The first-order chi connectivity index (χ1) is 9.22. The normalized spacial score (nSPS) is 10.0. The van der Waals surface area contributed by atoms with E-state index in [4.69, 9.17) is 9.47 Å². The minimum absolute atomic E-state index is 0.485. The van der Waals surface area contributed by atoms with Crippen LogP contribution in [0, 0.1) is 6.92 Å². The first-order valence-electron chi connectivity index (χ1n) is 6.05. The number of hydrogen-bond acceptors (Lipinski definition) is 4. The molecule has 0 aliphatic heterocycles.